The topological polar surface area (TPSA) is 42.0 Å². The molecule has 3 heteroatoms. The SMILES string of the molecule is Cc1cc(C)cc(C(=O)Nc2cccc3ncccc23)c1. The Kier molecular flexibility index (Phi) is 3.40. The van der Waals surface area contributed by atoms with Crippen molar-refractivity contribution in [2.24, 2.45) is 0 Å². The normalized spacial score (nSPS) is 10.6. The van der Waals surface area contributed by atoms with Crippen molar-refractivity contribution in [3.05, 3.63) is 71.4 Å². The van der Waals surface area contributed by atoms with E-state index in [-0.39, 0.29) is 5.91 Å². The lowest BCUT2D eigenvalue weighted by Crippen LogP contribution is -2.12. The third-order valence-electron chi connectivity index (χ3n) is 3.38. The number of fused-ring (bicyclic) bond motifs is 1. The number of nitrogens with one attached hydrogen (secondary N) is 1. The molecule has 0 fully saturated rings. The predicted molar refractivity (Wildman–Crippen MR) is 85.6 cm³/mol. The molecule has 0 saturated heterocycles. The molecule has 0 bridgehead atoms. The van der Waals surface area contributed by atoms with Crippen LogP contribution in [-0.4, -0.2) is 10.9 Å². The van der Waals surface area contributed by atoms with Crippen molar-refractivity contribution in [1.82, 2.24) is 4.98 Å². The Morgan fingerprint density at radius 1 is 1.00 bits per heavy atom. The molecule has 1 heterocycles. The summed E-state index contributed by atoms with van der Waals surface area (Å²) in [7, 11) is 0. The van der Waals surface area contributed by atoms with Gasteiger partial charge in [0.15, 0.2) is 0 Å². The van der Waals surface area contributed by atoms with Crippen molar-refractivity contribution in [2.45, 2.75) is 13.8 Å². The maximum absolute atomic E-state index is 12.4. The number of benzene rings is 2. The summed E-state index contributed by atoms with van der Waals surface area (Å²) in [5.74, 6) is -0.0989. The zero-order chi connectivity index (χ0) is 14.8. The fourth-order valence-electron chi connectivity index (χ4n) is 2.51. The van der Waals surface area contributed by atoms with Gasteiger partial charge in [-0.25, -0.2) is 0 Å². The van der Waals surface area contributed by atoms with E-state index >= 15 is 0 Å². The summed E-state index contributed by atoms with van der Waals surface area (Å²) < 4.78 is 0. The van der Waals surface area contributed by atoms with Crippen LogP contribution in [0.2, 0.25) is 0 Å². The second-order valence-electron chi connectivity index (χ2n) is 5.21. The molecule has 0 aliphatic heterocycles. The van der Waals surface area contributed by atoms with Gasteiger partial charge >= 0.3 is 0 Å². The average molecular weight is 276 g/mol. The number of carbonyl (C=O) groups is 1. The molecule has 0 aliphatic carbocycles. The average Bonchev–Trinajstić information content (AvgIpc) is 2.46. The van der Waals surface area contributed by atoms with Crippen LogP contribution in [0.3, 0.4) is 0 Å². The molecule has 3 aromatic rings. The minimum absolute atomic E-state index is 0.0989. The zero-order valence-electron chi connectivity index (χ0n) is 12.1. The first-order valence-corrected chi connectivity index (χ1v) is 6.87. The van der Waals surface area contributed by atoms with E-state index in [0.29, 0.717) is 5.56 Å². The van der Waals surface area contributed by atoms with Gasteiger partial charge in [-0.1, -0.05) is 23.3 Å². The fraction of sp³-hybridized carbons (Fsp3) is 0.111. The molecule has 1 aromatic heterocycles. The Bertz CT molecular complexity index is 799. The summed E-state index contributed by atoms with van der Waals surface area (Å²) in [4.78, 5) is 16.7. The Hall–Kier alpha value is -2.68. The lowest BCUT2D eigenvalue weighted by molar-refractivity contribution is 0.102. The Morgan fingerprint density at radius 3 is 2.52 bits per heavy atom. The molecule has 0 unspecified atom stereocenters. The molecule has 2 aromatic carbocycles. The summed E-state index contributed by atoms with van der Waals surface area (Å²) in [6.45, 7) is 3.98. The largest absolute Gasteiger partial charge is 0.321 e. The monoisotopic (exact) mass is 276 g/mol. The van der Waals surface area contributed by atoms with Crippen LogP contribution in [0.5, 0.6) is 0 Å². The number of rotatable bonds is 2. The molecule has 1 amide bonds. The van der Waals surface area contributed by atoms with Crippen molar-refractivity contribution < 1.29 is 4.79 Å². The highest BCUT2D eigenvalue weighted by atomic mass is 16.1. The number of amides is 1. The third kappa shape index (κ3) is 2.77. The standard InChI is InChI=1S/C18H16N2O/c1-12-9-13(2)11-14(10-12)18(21)20-17-7-3-6-16-15(17)5-4-8-19-16/h3-11H,1-2H3,(H,20,21). The smallest absolute Gasteiger partial charge is 0.255 e. The van der Waals surface area contributed by atoms with E-state index < -0.39 is 0 Å². The lowest BCUT2D eigenvalue weighted by Gasteiger charge is -2.09. The van der Waals surface area contributed by atoms with Crippen LogP contribution >= 0.6 is 0 Å². The first-order chi connectivity index (χ1) is 10.1. The molecular formula is C18H16N2O. The highest BCUT2D eigenvalue weighted by molar-refractivity contribution is 6.08. The van der Waals surface area contributed by atoms with Gasteiger partial charge < -0.3 is 5.32 Å². The first-order valence-electron chi connectivity index (χ1n) is 6.87. The summed E-state index contributed by atoms with van der Waals surface area (Å²) >= 11 is 0. The highest BCUT2D eigenvalue weighted by Gasteiger charge is 2.09. The maximum atomic E-state index is 12.4. The van der Waals surface area contributed by atoms with Gasteiger partial charge in [0.05, 0.1) is 11.2 Å². The van der Waals surface area contributed by atoms with E-state index in [1.165, 1.54) is 0 Å². The predicted octanol–water partition coefficient (Wildman–Crippen LogP) is 4.10. The summed E-state index contributed by atoms with van der Waals surface area (Å²) in [5.41, 5.74) is 4.49. The minimum Gasteiger partial charge on any atom is -0.321 e. The molecule has 0 aliphatic rings. The quantitative estimate of drug-likeness (QED) is 0.765. The first kappa shape index (κ1) is 13.3. The van der Waals surface area contributed by atoms with Crippen LogP contribution < -0.4 is 5.32 Å². The van der Waals surface area contributed by atoms with Crippen molar-refractivity contribution >= 4 is 22.5 Å². The molecule has 3 rings (SSSR count). The molecule has 1 N–H and O–H groups in total. The third-order valence-corrected chi connectivity index (χ3v) is 3.38. The van der Waals surface area contributed by atoms with E-state index in [9.17, 15) is 4.79 Å². The second-order valence-corrected chi connectivity index (χ2v) is 5.21. The van der Waals surface area contributed by atoms with Gasteiger partial charge in [0.25, 0.3) is 5.91 Å². The van der Waals surface area contributed by atoms with Gasteiger partial charge in [0.2, 0.25) is 0 Å². The number of carbonyl (C=O) groups excluding carboxylic acids is 1. The summed E-state index contributed by atoms with van der Waals surface area (Å²) in [6, 6.07) is 15.4. The number of hydrogen-bond donors (Lipinski definition) is 1. The van der Waals surface area contributed by atoms with E-state index in [2.05, 4.69) is 16.4 Å². The van der Waals surface area contributed by atoms with Crippen LogP contribution in [0, 0.1) is 13.8 Å². The van der Waals surface area contributed by atoms with Crippen LogP contribution in [0.25, 0.3) is 10.9 Å². The highest BCUT2D eigenvalue weighted by Crippen LogP contribution is 2.22. The maximum Gasteiger partial charge on any atom is 0.255 e. The Morgan fingerprint density at radius 2 is 1.76 bits per heavy atom. The minimum atomic E-state index is -0.0989. The Labute approximate surface area is 123 Å². The number of aromatic nitrogens is 1. The van der Waals surface area contributed by atoms with Gasteiger partial charge in [-0.3, -0.25) is 9.78 Å². The number of nitrogens with zero attached hydrogens (tertiary/aromatic N) is 1. The molecule has 0 atom stereocenters. The number of aryl methyl sites for hydroxylation is 2. The Balaban J connectivity index is 1.96. The molecule has 3 nitrogen and oxygen atoms in total. The van der Waals surface area contributed by atoms with Gasteiger partial charge in [-0.2, -0.15) is 0 Å². The summed E-state index contributed by atoms with van der Waals surface area (Å²) in [6.07, 6.45) is 1.75. The van der Waals surface area contributed by atoms with Gasteiger partial charge in [-0.05, 0) is 50.2 Å². The van der Waals surface area contributed by atoms with Crippen LogP contribution in [-0.2, 0) is 0 Å². The second kappa shape index (κ2) is 5.37. The van der Waals surface area contributed by atoms with Crippen LogP contribution in [0.15, 0.2) is 54.7 Å². The van der Waals surface area contributed by atoms with Crippen molar-refractivity contribution in [1.29, 1.82) is 0 Å². The number of hydrogen-bond acceptors (Lipinski definition) is 2. The van der Waals surface area contributed by atoms with E-state index in [0.717, 1.165) is 27.7 Å². The lowest BCUT2D eigenvalue weighted by atomic mass is 10.1. The van der Waals surface area contributed by atoms with Crippen LogP contribution in [0.1, 0.15) is 21.5 Å². The molecule has 0 saturated carbocycles. The number of pyridine rings is 1. The molecule has 0 radical (unpaired) electrons. The van der Waals surface area contributed by atoms with E-state index in [1.54, 1.807) is 6.20 Å². The fourth-order valence-corrected chi connectivity index (χ4v) is 2.51. The summed E-state index contributed by atoms with van der Waals surface area (Å²) in [5, 5.41) is 3.92. The molecule has 104 valence electrons. The van der Waals surface area contributed by atoms with Gasteiger partial charge in [-0.15, -0.1) is 0 Å². The van der Waals surface area contributed by atoms with Gasteiger partial charge in [0, 0.05) is 17.1 Å². The molecule has 21 heavy (non-hydrogen) atoms. The van der Waals surface area contributed by atoms with Gasteiger partial charge in [0.1, 0.15) is 0 Å². The molecule has 0 spiro atoms. The number of anilines is 1. The van der Waals surface area contributed by atoms with Crippen LogP contribution in [0.4, 0.5) is 5.69 Å². The van der Waals surface area contributed by atoms with Crippen molar-refractivity contribution in [2.75, 3.05) is 5.32 Å². The zero-order valence-corrected chi connectivity index (χ0v) is 12.1. The van der Waals surface area contributed by atoms with E-state index in [4.69, 9.17) is 0 Å². The van der Waals surface area contributed by atoms with E-state index in [1.807, 2.05) is 56.3 Å². The molecular weight excluding hydrogens is 260 g/mol. The van der Waals surface area contributed by atoms with Crippen molar-refractivity contribution in [3.8, 4) is 0 Å². The van der Waals surface area contributed by atoms with Crippen molar-refractivity contribution in [3.63, 3.8) is 0 Å².